The third-order valence-corrected chi connectivity index (χ3v) is 2.59. The fraction of sp³-hybridized carbons (Fsp3) is 0. The minimum absolute atomic E-state index is 0.0374. The largest absolute Gasteiger partial charge is 0.334 e. The van der Waals surface area contributed by atoms with E-state index in [9.17, 15) is 18.9 Å². The number of halogens is 3. The molecule has 0 amide bonds. The van der Waals surface area contributed by atoms with E-state index >= 15 is 0 Å². The zero-order chi connectivity index (χ0) is 14.0. The Hall–Kier alpha value is -2.09. The molecule has 0 atom stereocenters. The Morgan fingerprint density at radius 3 is 2.42 bits per heavy atom. The highest BCUT2D eigenvalue weighted by molar-refractivity contribution is 9.10. The first-order chi connectivity index (χ1) is 8.95. The minimum atomic E-state index is -0.790. The molecular weight excluding hydrogens is 324 g/mol. The minimum Gasteiger partial charge on any atom is -0.334 e. The summed E-state index contributed by atoms with van der Waals surface area (Å²) in [6, 6.07) is 3.96. The van der Waals surface area contributed by atoms with Crippen LogP contribution < -0.4 is 5.32 Å². The van der Waals surface area contributed by atoms with Gasteiger partial charge in [0.1, 0.15) is 11.6 Å². The van der Waals surface area contributed by atoms with Crippen molar-refractivity contribution in [2.45, 2.75) is 0 Å². The lowest BCUT2D eigenvalue weighted by Crippen LogP contribution is -2.00. The molecular formula is C11H6BrF2N3O2. The average Bonchev–Trinajstić information content (AvgIpc) is 2.30. The summed E-state index contributed by atoms with van der Waals surface area (Å²) in [4.78, 5) is 14.0. The molecule has 1 N–H and O–H groups in total. The summed E-state index contributed by atoms with van der Waals surface area (Å²) in [7, 11) is 0. The van der Waals surface area contributed by atoms with Crippen molar-refractivity contribution in [2.24, 2.45) is 0 Å². The van der Waals surface area contributed by atoms with Crippen LogP contribution in [0.5, 0.6) is 0 Å². The van der Waals surface area contributed by atoms with Gasteiger partial charge in [0.2, 0.25) is 5.82 Å². The third-order valence-electron chi connectivity index (χ3n) is 2.16. The summed E-state index contributed by atoms with van der Waals surface area (Å²) >= 11 is 3.06. The van der Waals surface area contributed by atoms with Gasteiger partial charge in [-0.15, -0.1) is 0 Å². The van der Waals surface area contributed by atoms with Crippen LogP contribution in [-0.4, -0.2) is 9.91 Å². The van der Waals surface area contributed by atoms with E-state index < -0.39 is 16.6 Å². The predicted molar refractivity (Wildman–Crippen MR) is 68.2 cm³/mol. The second kappa shape index (κ2) is 5.27. The maximum absolute atomic E-state index is 13.0. The van der Waals surface area contributed by atoms with Gasteiger partial charge in [0, 0.05) is 28.5 Å². The molecule has 0 spiro atoms. The van der Waals surface area contributed by atoms with Crippen LogP contribution in [0.15, 0.2) is 34.9 Å². The first kappa shape index (κ1) is 13.3. The Morgan fingerprint density at radius 2 is 1.84 bits per heavy atom. The van der Waals surface area contributed by atoms with Gasteiger partial charge in [0.15, 0.2) is 0 Å². The van der Waals surface area contributed by atoms with Gasteiger partial charge in [0.05, 0.1) is 4.92 Å². The molecule has 2 aromatic rings. The van der Waals surface area contributed by atoms with Gasteiger partial charge in [0.25, 0.3) is 0 Å². The number of aromatic nitrogens is 1. The summed E-state index contributed by atoms with van der Waals surface area (Å²) < 4.78 is 26.5. The van der Waals surface area contributed by atoms with Crippen molar-refractivity contribution in [3.63, 3.8) is 0 Å². The molecule has 19 heavy (non-hydrogen) atoms. The van der Waals surface area contributed by atoms with Crippen LogP contribution in [0.2, 0.25) is 0 Å². The Morgan fingerprint density at radius 1 is 1.21 bits per heavy atom. The third kappa shape index (κ3) is 3.22. The number of nitrogens with one attached hydrogen (secondary N) is 1. The van der Waals surface area contributed by atoms with Gasteiger partial charge >= 0.3 is 5.69 Å². The number of rotatable bonds is 3. The monoisotopic (exact) mass is 329 g/mol. The molecule has 0 aliphatic carbocycles. The molecule has 0 bridgehead atoms. The van der Waals surface area contributed by atoms with E-state index in [1.807, 2.05) is 0 Å². The summed E-state index contributed by atoms with van der Waals surface area (Å²) in [5, 5.41) is 13.4. The molecule has 0 aliphatic heterocycles. The van der Waals surface area contributed by atoms with Crippen molar-refractivity contribution in [2.75, 3.05) is 5.32 Å². The van der Waals surface area contributed by atoms with Crippen molar-refractivity contribution >= 4 is 33.1 Å². The van der Waals surface area contributed by atoms with Crippen molar-refractivity contribution in [1.29, 1.82) is 0 Å². The first-order valence-electron chi connectivity index (χ1n) is 4.99. The summed E-state index contributed by atoms with van der Waals surface area (Å²) in [6.45, 7) is 0. The number of nitro groups is 1. The number of benzene rings is 1. The van der Waals surface area contributed by atoms with Gasteiger partial charge in [-0.25, -0.2) is 13.8 Å². The molecule has 0 fully saturated rings. The van der Waals surface area contributed by atoms with Crippen LogP contribution in [0.25, 0.3) is 0 Å². The van der Waals surface area contributed by atoms with E-state index in [4.69, 9.17) is 0 Å². The number of nitrogens with zero attached hydrogens (tertiary/aromatic N) is 2. The van der Waals surface area contributed by atoms with Crippen LogP contribution in [0.4, 0.5) is 26.0 Å². The lowest BCUT2D eigenvalue weighted by molar-refractivity contribution is -0.384. The Labute approximate surface area is 114 Å². The molecule has 5 nitrogen and oxygen atoms in total. The van der Waals surface area contributed by atoms with Crippen LogP contribution in [0.3, 0.4) is 0 Å². The number of hydrogen-bond donors (Lipinski definition) is 1. The van der Waals surface area contributed by atoms with E-state index in [0.717, 1.165) is 12.1 Å². The first-order valence-corrected chi connectivity index (χ1v) is 5.78. The molecule has 0 saturated heterocycles. The van der Waals surface area contributed by atoms with Gasteiger partial charge in [-0.1, -0.05) is 0 Å². The van der Waals surface area contributed by atoms with E-state index in [1.54, 1.807) is 0 Å². The zero-order valence-corrected chi connectivity index (χ0v) is 10.8. The Balaban J connectivity index is 2.40. The highest BCUT2D eigenvalue weighted by Gasteiger charge is 2.16. The van der Waals surface area contributed by atoms with Crippen molar-refractivity contribution < 1.29 is 13.7 Å². The molecule has 0 unspecified atom stereocenters. The summed E-state index contributed by atoms with van der Waals surface area (Å²) in [5.41, 5.74) is -0.269. The van der Waals surface area contributed by atoms with Gasteiger partial charge in [-0.2, -0.15) is 0 Å². The fourth-order valence-electron chi connectivity index (χ4n) is 1.43. The molecule has 1 aromatic carbocycles. The van der Waals surface area contributed by atoms with E-state index in [-0.39, 0.29) is 17.2 Å². The molecule has 0 radical (unpaired) electrons. The van der Waals surface area contributed by atoms with E-state index in [1.165, 1.54) is 12.3 Å². The summed E-state index contributed by atoms with van der Waals surface area (Å²) in [6.07, 6.45) is 1.34. The highest BCUT2D eigenvalue weighted by atomic mass is 79.9. The average molecular weight is 330 g/mol. The second-order valence-electron chi connectivity index (χ2n) is 3.56. The van der Waals surface area contributed by atoms with Crippen LogP contribution in [0.1, 0.15) is 0 Å². The second-order valence-corrected chi connectivity index (χ2v) is 4.48. The number of anilines is 2. The van der Waals surface area contributed by atoms with Gasteiger partial charge in [-0.3, -0.25) is 10.1 Å². The molecule has 0 saturated carbocycles. The predicted octanol–water partition coefficient (Wildman–Crippen LogP) is 3.77. The molecule has 2 rings (SSSR count). The molecule has 1 aromatic heterocycles. The van der Waals surface area contributed by atoms with Crippen molar-refractivity contribution in [3.05, 3.63) is 56.7 Å². The molecule has 8 heteroatoms. The lowest BCUT2D eigenvalue weighted by Gasteiger charge is -2.06. The number of pyridine rings is 1. The molecule has 0 aliphatic rings. The topological polar surface area (TPSA) is 68.1 Å². The zero-order valence-electron chi connectivity index (χ0n) is 9.23. The summed E-state index contributed by atoms with van der Waals surface area (Å²) in [5.74, 6) is -1.68. The quantitative estimate of drug-likeness (QED) is 0.687. The highest BCUT2D eigenvalue weighted by Crippen LogP contribution is 2.28. The molecule has 98 valence electrons. The fourth-order valence-corrected chi connectivity index (χ4v) is 1.75. The maximum atomic E-state index is 13.0. The SMILES string of the molecule is O=[N+]([O-])c1cc(Br)cnc1Nc1cc(F)cc(F)c1. The standard InChI is InChI=1S/C11H6BrF2N3O2/c12-6-1-10(17(18)19)11(15-5-6)16-9-3-7(13)2-8(14)4-9/h1-5H,(H,15,16). The maximum Gasteiger partial charge on any atom is 0.312 e. The smallest absolute Gasteiger partial charge is 0.312 e. The van der Waals surface area contributed by atoms with Gasteiger partial charge in [-0.05, 0) is 28.1 Å². The van der Waals surface area contributed by atoms with Crippen molar-refractivity contribution in [3.8, 4) is 0 Å². The van der Waals surface area contributed by atoms with Crippen LogP contribution in [-0.2, 0) is 0 Å². The van der Waals surface area contributed by atoms with Crippen LogP contribution in [0, 0.1) is 21.7 Å². The van der Waals surface area contributed by atoms with Gasteiger partial charge < -0.3 is 5.32 Å². The van der Waals surface area contributed by atoms with Crippen LogP contribution >= 0.6 is 15.9 Å². The Kier molecular flexibility index (Phi) is 3.70. The Bertz CT molecular complexity index is 632. The normalized spacial score (nSPS) is 10.3. The van der Waals surface area contributed by atoms with E-state index in [0.29, 0.717) is 10.5 Å². The lowest BCUT2D eigenvalue weighted by atomic mass is 10.3. The molecule has 1 heterocycles. The van der Waals surface area contributed by atoms with E-state index in [2.05, 4.69) is 26.2 Å². The number of hydrogen-bond acceptors (Lipinski definition) is 4. The van der Waals surface area contributed by atoms with Crippen molar-refractivity contribution in [1.82, 2.24) is 4.98 Å².